The van der Waals surface area contributed by atoms with Gasteiger partial charge in [0.15, 0.2) is 0 Å². The summed E-state index contributed by atoms with van der Waals surface area (Å²) in [5.41, 5.74) is 1.45. The predicted molar refractivity (Wildman–Crippen MR) is 81.5 cm³/mol. The van der Waals surface area contributed by atoms with E-state index in [4.69, 9.17) is 0 Å². The predicted octanol–water partition coefficient (Wildman–Crippen LogP) is 2.80. The van der Waals surface area contributed by atoms with Crippen molar-refractivity contribution in [3.63, 3.8) is 0 Å². The summed E-state index contributed by atoms with van der Waals surface area (Å²) in [4.78, 5) is 4.95. The molecular weight excluding hydrogens is 288 g/mol. The van der Waals surface area contributed by atoms with Crippen molar-refractivity contribution in [2.24, 2.45) is 0 Å². The summed E-state index contributed by atoms with van der Waals surface area (Å²) in [6.45, 7) is 3.61. The molecule has 0 amide bonds. The van der Waals surface area contributed by atoms with Crippen molar-refractivity contribution in [3.05, 3.63) is 35.9 Å². The first-order valence-corrected chi connectivity index (χ1v) is 7.82. The lowest BCUT2D eigenvalue weighted by Crippen LogP contribution is -2.33. The van der Waals surface area contributed by atoms with E-state index in [1.807, 2.05) is 0 Å². The summed E-state index contributed by atoms with van der Waals surface area (Å²) in [7, 11) is 4.38. The van der Waals surface area contributed by atoms with Gasteiger partial charge >= 0.3 is 0 Å². The third-order valence-electron chi connectivity index (χ3n) is 3.91. The van der Waals surface area contributed by atoms with Crippen LogP contribution < -0.4 is 0 Å². The fourth-order valence-electron chi connectivity index (χ4n) is 2.68. The standard InChI is InChI=1S/C15H23BrN2/c1-17(2)15-8-9-18(12-15)11-14(10-16)13-6-4-3-5-7-13/h3-7,14-15H,8-12H2,1-2H3. The first-order chi connectivity index (χ1) is 8.70. The van der Waals surface area contributed by atoms with Crippen molar-refractivity contribution in [1.29, 1.82) is 0 Å². The summed E-state index contributed by atoms with van der Waals surface area (Å²) in [6.07, 6.45) is 1.30. The molecule has 1 aromatic rings. The van der Waals surface area contributed by atoms with Gasteiger partial charge in [0.2, 0.25) is 0 Å². The molecule has 0 N–H and O–H groups in total. The number of benzene rings is 1. The minimum Gasteiger partial charge on any atom is -0.305 e. The smallest absolute Gasteiger partial charge is 0.0229 e. The quantitative estimate of drug-likeness (QED) is 0.772. The van der Waals surface area contributed by atoms with Crippen LogP contribution in [0.4, 0.5) is 0 Å². The van der Waals surface area contributed by atoms with Gasteiger partial charge < -0.3 is 9.80 Å². The molecule has 3 heteroatoms. The Labute approximate surface area is 119 Å². The van der Waals surface area contributed by atoms with E-state index in [-0.39, 0.29) is 0 Å². The van der Waals surface area contributed by atoms with Gasteiger partial charge in [-0.3, -0.25) is 0 Å². The second-order valence-corrected chi connectivity index (χ2v) is 6.08. The van der Waals surface area contributed by atoms with Crippen LogP contribution in [0.15, 0.2) is 30.3 Å². The molecule has 2 atom stereocenters. The normalized spacial score (nSPS) is 22.6. The number of alkyl halides is 1. The third kappa shape index (κ3) is 3.56. The topological polar surface area (TPSA) is 6.48 Å². The van der Waals surface area contributed by atoms with Gasteiger partial charge in [-0.2, -0.15) is 0 Å². The van der Waals surface area contributed by atoms with E-state index < -0.39 is 0 Å². The maximum Gasteiger partial charge on any atom is 0.0229 e. The highest BCUT2D eigenvalue weighted by atomic mass is 79.9. The van der Waals surface area contributed by atoms with Crippen molar-refractivity contribution in [3.8, 4) is 0 Å². The van der Waals surface area contributed by atoms with Crippen LogP contribution in [-0.2, 0) is 0 Å². The van der Waals surface area contributed by atoms with Crippen LogP contribution >= 0.6 is 15.9 Å². The number of nitrogens with zero attached hydrogens (tertiary/aromatic N) is 2. The molecule has 1 aliphatic heterocycles. The third-order valence-corrected chi connectivity index (χ3v) is 4.70. The number of likely N-dealkylation sites (tertiary alicyclic amines) is 1. The summed E-state index contributed by atoms with van der Waals surface area (Å²) in [5, 5.41) is 1.04. The molecule has 18 heavy (non-hydrogen) atoms. The molecule has 1 aromatic carbocycles. The molecule has 1 heterocycles. The second-order valence-electron chi connectivity index (χ2n) is 5.43. The van der Waals surface area contributed by atoms with Crippen molar-refractivity contribution < 1.29 is 0 Å². The lowest BCUT2D eigenvalue weighted by molar-refractivity contribution is 0.263. The molecule has 0 radical (unpaired) electrons. The van der Waals surface area contributed by atoms with Crippen LogP contribution in [0.2, 0.25) is 0 Å². The fraction of sp³-hybridized carbons (Fsp3) is 0.600. The van der Waals surface area contributed by atoms with Crippen molar-refractivity contribution in [2.75, 3.05) is 39.1 Å². The zero-order chi connectivity index (χ0) is 13.0. The van der Waals surface area contributed by atoms with Crippen LogP contribution in [0.1, 0.15) is 17.9 Å². The van der Waals surface area contributed by atoms with Crippen LogP contribution in [0, 0.1) is 0 Å². The van der Waals surface area contributed by atoms with Crippen molar-refractivity contribution in [1.82, 2.24) is 9.80 Å². The van der Waals surface area contributed by atoms with Crippen molar-refractivity contribution >= 4 is 15.9 Å². The Bertz CT molecular complexity index is 353. The minimum atomic E-state index is 0.604. The monoisotopic (exact) mass is 310 g/mol. The molecular formula is C15H23BrN2. The molecule has 100 valence electrons. The Balaban J connectivity index is 1.92. The van der Waals surface area contributed by atoms with Gasteiger partial charge in [0.25, 0.3) is 0 Å². The van der Waals surface area contributed by atoms with Gasteiger partial charge in [0.1, 0.15) is 0 Å². The highest BCUT2D eigenvalue weighted by molar-refractivity contribution is 9.09. The summed E-state index contributed by atoms with van der Waals surface area (Å²) in [5.74, 6) is 0.604. The molecule has 0 bridgehead atoms. The number of likely N-dealkylation sites (N-methyl/N-ethyl adjacent to an activating group) is 1. The fourth-order valence-corrected chi connectivity index (χ4v) is 3.26. The molecule has 1 fully saturated rings. The molecule has 0 aromatic heterocycles. The Hall–Kier alpha value is -0.380. The van der Waals surface area contributed by atoms with Crippen LogP contribution in [0.3, 0.4) is 0 Å². The highest BCUT2D eigenvalue weighted by Crippen LogP contribution is 2.22. The van der Waals surface area contributed by atoms with E-state index in [0.717, 1.165) is 11.4 Å². The van der Waals surface area contributed by atoms with Crippen molar-refractivity contribution in [2.45, 2.75) is 18.4 Å². The first kappa shape index (κ1) is 14.0. The Morgan fingerprint density at radius 2 is 2.06 bits per heavy atom. The second kappa shape index (κ2) is 6.69. The van der Waals surface area contributed by atoms with Gasteiger partial charge in [-0.15, -0.1) is 0 Å². The van der Waals surface area contributed by atoms with Gasteiger partial charge in [-0.1, -0.05) is 46.3 Å². The zero-order valence-electron chi connectivity index (χ0n) is 11.3. The molecule has 1 saturated heterocycles. The molecule has 0 spiro atoms. The van der Waals surface area contributed by atoms with E-state index in [9.17, 15) is 0 Å². The highest BCUT2D eigenvalue weighted by Gasteiger charge is 2.25. The number of rotatable bonds is 5. The molecule has 0 saturated carbocycles. The molecule has 2 rings (SSSR count). The van der Waals surface area contributed by atoms with Gasteiger partial charge in [0.05, 0.1) is 0 Å². The molecule has 2 nitrogen and oxygen atoms in total. The zero-order valence-corrected chi connectivity index (χ0v) is 12.9. The van der Waals surface area contributed by atoms with Gasteiger partial charge in [-0.25, -0.2) is 0 Å². The number of hydrogen-bond donors (Lipinski definition) is 0. The minimum absolute atomic E-state index is 0.604. The first-order valence-electron chi connectivity index (χ1n) is 6.70. The average Bonchev–Trinajstić information content (AvgIpc) is 2.86. The Kier molecular flexibility index (Phi) is 5.22. The maximum absolute atomic E-state index is 3.67. The summed E-state index contributed by atoms with van der Waals surface area (Å²) >= 11 is 3.67. The Morgan fingerprint density at radius 3 is 2.61 bits per heavy atom. The average molecular weight is 311 g/mol. The summed E-state index contributed by atoms with van der Waals surface area (Å²) in [6, 6.07) is 11.6. The molecule has 1 aliphatic rings. The van der Waals surface area contributed by atoms with Crippen LogP contribution in [0.5, 0.6) is 0 Å². The van der Waals surface area contributed by atoms with E-state index in [2.05, 4.69) is 70.2 Å². The van der Waals surface area contributed by atoms with Crippen LogP contribution in [-0.4, -0.2) is 54.9 Å². The maximum atomic E-state index is 3.67. The van der Waals surface area contributed by atoms with E-state index in [1.165, 1.54) is 31.6 Å². The molecule has 0 aliphatic carbocycles. The number of halogens is 1. The Morgan fingerprint density at radius 1 is 1.33 bits per heavy atom. The van der Waals surface area contributed by atoms with Gasteiger partial charge in [0, 0.05) is 30.4 Å². The SMILES string of the molecule is CN(C)C1CCN(CC(CBr)c2ccccc2)C1. The molecule has 2 unspecified atom stereocenters. The van der Waals surface area contributed by atoms with E-state index in [0.29, 0.717) is 5.92 Å². The van der Waals surface area contributed by atoms with E-state index in [1.54, 1.807) is 0 Å². The van der Waals surface area contributed by atoms with Crippen LogP contribution in [0.25, 0.3) is 0 Å². The van der Waals surface area contributed by atoms with Gasteiger partial charge in [-0.05, 0) is 32.6 Å². The summed E-state index contributed by atoms with van der Waals surface area (Å²) < 4.78 is 0. The lowest BCUT2D eigenvalue weighted by atomic mass is 10.0. The number of hydrogen-bond acceptors (Lipinski definition) is 2. The lowest BCUT2D eigenvalue weighted by Gasteiger charge is -2.24. The largest absolute Gasteiger partial charge is 0.305 e. The van der Waals surface area contributed by atoms with E-state index >= 15 is 0 Å².